The van der Waals surface area contributed by atoms with Crippen molar-refractivity contribution in [2.75, 3.05) is 5.32 Å². The molecule has 1 heterocycles. The minimum atomic E-state index is 0.155. The first-order valence-electron chi connectivity index (χ1n) is 6.58. The third-order valence-corrected chi connectivity index (χ3v) is 3.46. The summed E-state index contributed by atoms with van der Waals surface area (Å²) in [5, 5.41) is 15.4. The van der Waals surface area contributed by atoms with Crippen LogP contribution in [-0.2, 0) is 0 Å². The van der Waals surface area contributed by atoms with Crippen molar-refractivity contribution in [3.63, 3.8) is 0 Å². The fourth-order valence-corrected chi connectivity index (χ4v) is 2.22. The maximum Gasteiger partial charge on any atom is 0.143 e. The predicted octanol–water partition coefficient (Wildman–Crippen LogP) is 3.49. The van der Waals surface area contributed by atoms with Crippen molar-refractivity contribution in [2.24, 2.45) is 0 Å². The Morgan fingerprint density at radius 3 is 2.67 bits per heavy atom. The molecule has 1 atom stereocenters. The third kappa shape index (κ3) is 3.20. The van der Waals surface area contributed by atoms with Gasteiger partial charge in [0.25, 0.3) is 0 Å². The van der Waals surface area contributed by atoms with Crippen LogP contribution in [0.2, 0.25) is 5.02 Å². The van der Waals surface area contributed by atoms with E-state index in [1.807, 2.05) is 36.4 Å². The van der Waals surface area contributed by atoms with Gasteiger partial charge in [-0.25, -0.2) is 4.68 Å². The van der Waals surface area contributed by atoms with E-state index in [1.54, 1.807) is 11.0 Å². The van der Waals surface area contributed by atoms with E-state index in [9.17, 15) is 0 Å². The lowest BCUT2D eigenvalue weighted by Crippen LogP contribution is -2.07. The van der Waals surface area contributed by atoms with Gasteiger partial charge in [-0.15, -0.1) is 5.10 Å². The van der Waals surface area contributed by atoms with E-state index in [-0.39, 0.29) is 6.04 Å². The number of hydrogen-bond donors (Lipinski definition) is 1. The zero-order valence-corrected chi connectivity index (χ0v) is 12.2. The Bertz CT molecular complexity index is 709. The Morgan fingerprint density at radius 1 is 1.14 bits per heavy atom. The molecule has 3 aromatic rings. The summed E-state index contributed by atoms with van der Waals surface area (Å²) in [7, 11) is 0. The van der Waals surface area contributed by atoms with E-state index in [1.165, 1.54) is 0 Å². The van der Waals surface area contributed by atoms with Gasteiger partial charge in [0.1, 0.15) is 6.33 Å². The van der Waals surface area contributed by atoms with Crippen molar-refractivity contribution < 1.29 is 0 Å². The summed E-state index contributed by atoms with van der Waals surface area (Å²) in [6, 6.07) is 15.9. The normalized spacial score (nSPS) is 12.1. The van der Waals surface area contributed by atoms with Crippen LogP contribution in [0.25, 0.3) is 5.69 Å². The first-order valence-corrected chi connectivity index (χ1v) is 6.95. The molecule has 0 amide bonds. The first-order chi connectivity index (χ1) is 10.2. The molecule has 1 unspecified atom stereocenters. The van der Waals surface area contributed by atoms with Gasteiger partial charge in [0, 0.05) is 16.8 Å². The first kappa shape index (κ1) is 13.6. The molecule has 0 aliphatic heterocycles. The van der Waals surface area contributed by atoms with Crippen molar-refractivity contribution in [3.8, 4) is 5.69 Å². The van der Waals surface area contributed by atoms with Gasteiger partial charge in [-0.2, -0.15) is 0 Å². The molecule has 3 rings (SSSR count). The molecule has 1 aromatic heterocycles. The topological polar surface area (TPSA) is 55.6 Å². The largest absolute Gasteiger partial charge is 0.379 e. The number of rotatable bonds is 4. The SMILES string of the molecule is CC(Nc1ccc(Cl)cc1)c1cccc(-n2cnnn2)c1. The summed E-state index contributed by atoms with van der Waals surface area (Å²) < 4.78 is 1.64. The Morgan fingerprint density at radius 2 is 1.95 bits per heavy atom. The monoisotopic (exact) mass is 299 g/mol. The predicted molar refractivity (Wildman–Crippen MR) is 82.6 cm³/mol. The number of benzene rings is 2. The number of anilines is 1. The van der Waals surface area contributed by atoms with Crippen molar-refractivity contribution in [1.82, 2.24) is 20.2 Å². The molecule has 0 bridgehead atoms. The molecule has 0 aliphatic rings. The molecular formula is C15H14ClN5. The maximum absolute atomic E-state index is 5.89. The van der Waals surface area contributed by atoms with Crippen LogP contribution in [0.1, 0.15) is 18.5 Å². The van der Waals surface area contributed by atoms with Crippen LogP contribution in [0.3, 0.4) is 0 Å². The molecular weight excluding hydrogens is 286 g/mol. The second kappa shape index (κ2) is 5.93. The summed E-state index contributed by atoms with van der Waals surface area (Å²) >= 11 is 5.89. The van der Waals surface area contributed by atoms with Crippen LogP contribution in [0.5, 0.6) is 0 Å². The lowest BCUT2D eigenvalue weighted by molar-refractivity contribution is 0.785. The Kier molecular flexibility index (Phi) is 3.83. The molecule has 0 fully saturated rings. The number of tetrazole rings is 1. The van der Waals surface area contributed by atoms with Crippen molar-refractivity contribution >= 4 is 17.3 Å². The van der Waals surface area contributed by atoms with Crippen molar-refractivity contribution in [2.45, 2.75) is 13.0 Å². The van der Waals surface area contributed by atoms with Crippen LogP contribution in [-0.4, -0.2) is 20.2 Å². The van der Waals surface area contributed by atoms with Gasteiger partial charge in [0.05, 0.1) is 5.69 Å². The van der Waals surface area contributed by atoms with Crippen LogP contribution in [0.15, 0.2) is 54.9 Å². The average Bonchev–Trinajstić information content (AvgIpc) is 3.04. The lowest BCUT2D eigenvalue weighted by Gasteiger charge is -2.16. The van der Waals surface area contributed by atoms with E-state index in [4.69, 9.17) is 11.6 Å². The van der Waals surface area contributed by atoms with E-state index in [2.05, 4.69) is 39.9 Å². The molecule has 5 nitrogen and oxygen atoms in total. The summed E-state index contributed by atoms with van der Waals surface area (Å²) in [6.45, 7) is 2.10. The van der Waals surface area contributed by atoms with Crippen molar-refractivity contribution in [1.29, 1.82) is 0 Å². The summed E-state index contributed by atoms with van der Waals surface area (Å²) in [5.74, 6) is 0. The van der Waals surface area contributed by atoms with Gasteiger partial charge in [0.2, 0.25) is 0 Å². The number of nitrogens with one attached hydrogen (secondary N) is 1. The highest BCUT2D eigenvalue weighted by Gasteiger charge is 2.07. The number of nitrogens with zero attached hydrogens (tertiary/aromatic N) is 4. The second-order valence-corrected chi connectivity index (χ2v) is 5.16. The Labute approximate surface area is 127 Å². The van der Waals surface area contributed by atoms with Gasteiger partial charge in [-0.05, 0) is 59.3 Å². The standard InChI is InChI=1S/C15H14ClN5/c1-11(18-14-7-5-13(16)6-8-14)12-3-2-4-15(9-12)21-10-17-19-20-21/h2-11,18H,1H3. The van der Waals surface area contributed by atoms with Gasteiger partial charge in [-0.1, -0.05) is 23.7 Å². The smallest absolute Gasteiger partial charge is 0.143 e. The van der Waals surface area contributed by atoms with E-state index >= 15 is 0 Å². The van der Waals surface area contributed by atoms with Crippen LogP contribution in [0.4, 0.5) is 5.69 Å². The second-order valence-electron chi connectivity index (χ2n) is 4.72. The summed E-state index contributed by atoms with van der Waals surface area (Å²) in [5.41, 5.74) is 3.11. The fraction of sp³-hybridized carbons (Fsp3) is 0.133. The molecule has 0 spiro atoms. The highest BCUT2D eigenvalue weighted by Crippen LogP contribution is 2.22. The molecule has 0 saturated heterocycles. The number of aromatic nitrogens is 4. The summed E-state index contributed by atoms with van der Waals surface area (Å²) in [6.07, 6.45) is 1.58. The zero-order chi connectivity index (χ0) is 14.7. The molecule has 1 N–H and O–H groups in total. The van der Waals surface area contributed by atoms with Gasteiger partial charge >= 0.3 is 0 Å². The quantitative estimate of drug-likeness (QED) is 0.801. The molecule has 0 radical (unpaired) electrons. The van der Waals surface area contributed by atoms with Crippen LogP contribution in [0, 0.1) is 0 Å². The minimum absolute atomic E-state index is 0.155. The Balaban J connectivity index is 1.80. The van der Waals surface area contributed by atoms with Gasteiger partial charge in [0.15, 0.2) is 0 Å². The average molecular weight is 300 g/mol. The zero-order valence-electron chi connectivity index (χ0n) is 11.4. The van der Waals surface area contributed by atoms with E-state index in [0.29, 0.717) is 0 Å². The molecule has 106 valence electrons. The highest BCUT2D eigenvalue weighted by molar-refractivity contribution is 6.30. The van der Waals surface area contributed by atoms with E-state index in [0.717, 1.165) is 22.0 Å². The summed E-state index contributed by atoms with van der Waals surface area (Å²) in [4.78, 5) is 0. The third-order valence-electron chi connectivity index (χ3n) is 3.21. The minimum Gasteiger partial charge on any atom is -0.379 e. The number of hydrogen-bond acceptors (Lipinski definition) is 4. The molecule has 0 aliphatic carbocycles. The van der Waals surface area contributed by atoms with Gasteiger partial charge < -0.3 is 5.32 Å². The molecule has 0 saturated carbocycles. The maximum atomic E-state index is 5.89. The van der Waals surface area contributed by atoms with Gasteiger partial charge in [-0.3, -0.25) is 0 Å². The lowest BCUT2D eigenvalue weighted by atomic mass is 10.1. The molecule has 21 heavy (non-hydrogen) atoms. The molecule has 6 heteroatoms. The van der Waals surface area contributed by atoms with Crippen LogP contribution < -0.4 is 5.32 Å². The van der Waals surface area contributed by atoms with E-state index < -0.39 is 0 Å². The molecule has 2 aromatic carbocycles. The Hall–Kier alpha value is -2.40. The fourth-order valence-electron chi connectivity index (χ4n) is 2.10. The highest BCUT2D eigenvalue weighted by atomic mass is 35.5. The van der Waals surface area contributed by atoms with Crippen LogP contribution >= 0.6 is 11.6 Å². The van der Waals surface area contributed by atoms with Crippen molar-refractivity contribution in [3.05, 3.63) is 65.4 Å². The number of halogens is 1.